The van der Waals surface area contributed by atoms with Crippen molar-refractivity contribution in [1.29, 1.82) is 0 Å². The molecule has 0 saturated heterocycles. The summed E-state index contributed by atoms with van der Waals surface area (Å²) in [5.41, 5.74) is 1.01. The highest BCUT2D eigenvalue weighted by Crippen LogP contribution is 2.26. The van der Waals surface area contributed by atoms with Crippen molar-refractivity contribution in [3.8, 4) is 11.5 Å². The van der Waals surface area contributed by atoms with Crippen LogP contribution in [0.4, 0.5) is 0 Å². The molecule has 4 rings (SSSR count). The van der Waals surface area contributed by atoms with E-state index in [4.69, 9.17) is 14.0 Å². The molecule has 3 aromatic carbocycles. The first-order chi connectivity index (χ1) is 12.8. The number of fused-ring (bicyclic) bond motifs is 1. The van der Waals surface area contributed by atoms with Gasteiger partial charge in [-0.15, -0.1) is 0 Å². The molecule has 0 N–H and O–H groups in total. The van der Waals surface area contributed by atoms with Crippen LogP contribution in [0, 0.1) is 0 Å². The van der Waals surface area contributed by atoms with Crippen molar-refractivity contribution in [2.45, 2.75) is 13.0 Å². The fraction of sp³-hybridized carbons (Fsp3) is 0.143. The molecule has 1 aromatic heterocycles. The fourth-order valence-electron chi connectivity index (χ4n) is 2.90. The normalized spacial score (nSPS) is 10.8. The smallest absolute Gasteiger partial charge is 0.264 e. The molecule has 130 valence electrons. The molecule has 0 spiro atoms. The number of benzene rings is 3. The van der Waals surface area contributed by atoms with Gasteiger partial charge in [-0.25, -0.2) is 0 Å². The molecule has 0 aliphatic rings. The minimum atomic E-state index is 0.229. The quantitative estimate of drug-likeness (QED) is 0.518. The Morgan fingerprint density at radius 1 is 0.885 bits per heavy atom. The van der Waals surface area contributed by atoms with Crippen LogP contribution in [-0.4, -0.2) is 17.3 Å². The maximum atomic E-state index is 5.89. The van der Waals surface area contributed by atoms with Crippen molar-refractivity contribution in [2.75, 3.05) is 7.11 Å². The topological polar surface area (TPSA) is 57.4 Å². The molecule has 0 aliphatic heterocycles. The Morgan fingerprint density at radius 2 is 1.65 bits per heavy atom. The lowest BCUT2D eigenvalue weighted by Crippen LogP contribution is -1.98. The molecule has 5 heteroatoms. The summed E-state index contributed by atoms with van der Waals surface area (Å²) < 4.78 is 16.6. The number of nitrogens with zero attached hydrogens (tertiary/aromatic N) is 2. The molecule has 5 nitrogen and oxygen atoms in total. The molecule has 0 amide bonds. The van der Waals surface area contributed by atoms with Gasteiger partial charge in [-0.1, -0.05) is 59.8 Å². The molecule has 0 fully saturated rings. The van der Waals surface area contributed by atoms with Crippen molar-refractivity contribution in [3.63, 3.8) is 0 Å². The summed E-state index contributed by atoms with van der Waals surface area (Å²) in [6.07, 6.45) is 0.543. The van der Waals surface area contributed by atoms with Gasteiger partial charge in [-0.3, -0.25) is 0 Å². The van der Waals surface area contributed by atoms with E-state index in [9.17, 15) is 0 Å². The Hall–Kier alpha value is -3.34. The predicted octanol–water partition coefficient (Wildman–Crippen LogP) is 4.40. The summed E-state index contributed by atoms with van der Waals surface area (Å²) >= 11 is 0. The van der Waals surface area contributed by atoms with E-state index in [0.717, 1.165) is 27.8 Å². The van der Waals surface area contributed by atoms with E-state index < -0.39 is 0 Å². The molecule has 4 aromatic rings. The highest BCUT2D eigenvalue weighted by molar-refractivity contribution is 5.88. The maximum Gasteiger partial charge on any atom is 0.264 e. The van der Waals surface area contributed by atoms with Crippen LogP contribution in [0.25, 0.3) is 10.8 Å². The zero-order valence-corrected chi connectivity index (χ0v) is 14.4. The van der Waals surface area contributed by atoms with Gasteiger partial charge < -0.3 is 14.0 Å². The third-order valence-electron chi connectivity index (χ3n) is 4.15. The second kappa shape index (κ2) is 7.27. The largest absolute Gasteiger partial charge is 0.496 e. The molecule has 26 heavy (non-hydrogen) atoms. The number of aromatic nitrogens is 2. The van der Waals surface area contributed by atoms with Crippen molar-refractivity contribution in [1.82, 2.24) is 10.1 Å². The van der Waals surface area contributed by atoms with Crippen LogP contribution in [0.3, 0.4) is 0 Å². The standard InChI is InChI=1S/C21H18N2O3/c1-24-18-11-5-3-8-16(18)13-20-22-21(26-23-20)14-25-19-12-6-9-15-7-2-4-10-17(15)19/h2-12H,13-14H2,1H3. The van der Waals surface area contributed by atoms with Crippen LogP contribution in [0.15, 0.2) is 71.3 Å². The summed E-state index contributed by atoms with van der Waals surface area (Å²) in [6.45, 7) is 0.229. The zero-order valence-electron chi connectivity index (χ0n) is 14.4. The Kier molecular flexibility index (Phi) is 4.51. The average Bonchev–Trinajstić information content (AvgIpc) is 3.14. The van der Waals surface area contributed by atoms with E-state index in [-0.39, 0.29) is 6.61 Å². The van der Waals surface area contributed by atoms with Crippen molar-refractivity contribution in [3.05, 3.63) is 84.0 Å². The van der Waals surface area contributed by atoms with Crippen LogP contribution in [0.1, 0.15) is 17.3 Å². The minimum Gasteiger partial charge on any atom is -0.496 e. The van der Waals surface area contributed by atoms with E-state index in [1.807, 2.05) is 54.6 Å². The van der Waals surface area contributed by atoms with Gasteiger partial charge in [0.05, 0.1) is 7.11 Å². The summed E-state index contributed by atoms with van der Waals surface area (Å²) in [5, 5.41) is 6.23. The van der Waals surface area contributed by atoms with E-state index in [1.165, 1.54) is 0 Å². The van der Waals surface area contributed by atoms with E-state index in [0.29, 0.717) is 18.1 Å². The second-order valence-electron chi connectivity index (χ2n) is 5.86. The Morgan fingerprint density at radius 3 is 2.58 bits per heavy atom. The Labute approximate surface area is 151 Å². The summed E-state index contributed by atoms with van der Waals surface area (Å²) in [5.74, 6) is 2.66. The monoisotopic (exact) mass is 346 g/mol. The van der Waals surface area contributed by atoms with Crippen molar-refractivity contribution < 1.29 is 14.0 Å². The van der Waals surface area contributed by atoms with Crippen LogP contribution >= 0.6 is 0 Å². The first-order valence-corrected chi connectivity index (χ1v) is 8.37. The second-order valence-corrected chi connectivity index (χ2v) is 5.86. The maximum absolute atomic E-state index is 5.89. The van der Waals surface area contributed by atoms with Gasteiger partial charge in [0, 0.05) is 17.4 Å². The molecule has 0 bridgehead atoms. The molecule has 0 atom stereocenters. The lowest BCUT2D eigenvalue weighted by Gasteiger charge is -2.07. The minimum absolute atomic E-state index is 0.229. The van der Waals surface area contributed by atoms with Gasteiger partial charge in [0.15, 0.2) is 12.4 Å². The van der Waals surface area contributed by atoms with Crippen LogP contribution < -0.4 is 9.47 Å². The SMILES string of the molecule is COc1ccccc1Cc1noc(COc2cccc3ccccc23)n1. The van der Waals surface area contributed by atoms with Crippen molar-refractivity contribution >= 4 is 10.8 Å². The highest BCUT2D eigenvalue weighted by Gasteiger charge is 2.11. The van der Waals surface area contributed by atoms with Gasteiger partial charge in [0.1, 0.15) is 11.5 Å². The zero-order chi connectivity index (χ0) is 17.8. The predicted molar refractivity (Wildman–Crippen MR) is 98.4 cm³/mol. The summed E-state index contributed by atoms with van der Waals surface area (Å²) in [6, 6.07) is 21.9. The van der Waals surface area contributed by atoms with Gasteiger partial charge in [-0.2, -0.15) is 4.98 Å². The number of para-hydroxylation sites is 1. The van der Waals surface area contributed by atoms with Crippen molar-refractivity contribution in [2.24, 2.45) is 0 Å². The van der Waals surface area contributed by atoms with Gasteiger partial charge in [0.25, 0.3) is 5.89 Å². The molecule has 0 radical (unpaired) electrons. The molecule has 0 aliphatic carbocycles. The number of rotatable bonds is 6. The van der Waals surface area contributed by atoms with E-state index in [1.54, 1.807) is 7.11 Å². The third-order valence-corrected chi connectivity index (χ3v) is 4.15. The van der Waals surface area contributed by atoms with Crippen LogP contribution in [0.2, 0.25) is 0 Å². The molecular weight excluding hydrogens is 328 g/mol. The summed E-state index contributed by atoms with van der Waals surface area (Å²) in [7, 11) is 1.65. The first-order valence-electron chi connectivity index (χ1n) is 8.37. The van der Waals surface area contributed by atoms with Gasteiger partial charge in [0.2, 0.25) is 0 Å². The van der Waals surface area contributed by atoms with E-state index in [2.05, 4.69) is 22.3 Å². The molecule has 0 saturated carbocycles. The number of hydrogen-bond donors (Lipinski definition) is 0. The van der Waals surface area contributed by atoms with Gasteiger partial charge >= 0.3 is 0 Å². The lowest BCUT2D eigenvalue weighted by atomic mass is 10.1. The number of ether oxygens (including phenoxy) is 2. The molecular formula is C21H18N2O3. The van der Waals surface area contributed by atoms with E-state index >= 15 is 0 Å². The lowest BCUT2D eigenvalue weighted by molar-refractivity contribution is 0.245. The average molecular weight is 346 g/mol. The summed E-state index contributed by atoms with van der Waals surface area (Å²) in [4.78, 5) is 4.42. The molecule has 1 heterocycles. The number of hydrogen-bond acceptors (Lipinski definition) is 5. The first kappa shape index (κ1) is 16.1. The molecule has 0 unspecified atom stereocenters. The van der Waals surface area contributed by atoms with Gasteiger partial charge in [-0.05, 0) is 17.5 Å². The Bertz CT molecular complexity index is 1020. The van der Waals surface area contributed by atoms with Crippen LogP contribution in [-0.2, 0) is 13.0 Å². The highest BCUT2D eigenvalue weighted by atomic mass is 16.5. The third kappa shape index (κ3) is 3.37. The fourth-order valence-corrected chi connectivity index (χ4v) is 2.90. The number of methoxy groups -OCH3 is 1. The van der Waals surface area contributed by atoms with Crippen LogP contribution in [0.5, 0.6) is 11.5 Å². The Balaban J connectivity index is 1.47.